The minimum Gasteiger partial charge on any atom is -0.277 e. The van der Waals surface area contributed by atoms with Crippen LogP contribution in [0.15, 0.2) is 72.9 Å². The Bertz CT molecular complexity index is 1550. The van der Waals surface area contributed by atoms with Crippen molar-refractivity contribution in [3.8, 4) is 11.3 Å². The van der Waals surface area contributed by atoms with Gasteiger partial charge in [0.1, 0.15) is 5.65 Å². The van der Waals surface area contributed by atoms with Crippen LogP contribution < -0.4 is 0 Å². The van der Waals surface area contributed by atoms with Crippen LogP contribution in [0.1, 0.15) is 25.0 Å². The SMILES string of the molecule is CCc1cccc(CC)c1-c1cn2c(n1)c1ccccc1n1c3ccccc3nc21. The molecule has 6 rings (SSSR count). The van der Waals surface area contributed by atoms with E-state index >= 15 is 0 Å². The van der Waals surface area contributed by atoms with Gasteiger partial charge < -0.3 is 0 Å². The Morgan fingerprint density at radius 3 is 2.20 bits per heavy atom. The number of rotatable bonds is 3. The molecule has 0 aliphatic heterocycles. The zero-order valence-electron chi connectivity index (χ0n) is 17.1. The van der Waals surface area contributed by atoms with Crippen LogP contribution in [-0.4, -0.2) is 18.8 Å². The highest BCUT2D eigenvalue weighted by Crippen LogP contribution is 2.32. The molecule has 6 aromatic rings. The summed E-state index contributed by atoms with van der Waals surface area (Å²) >= 11 is 0. The van der Waals surface area contributed by atoms with E-state index in [4.69, 9.17) is 9.97 Å². The van der Waals surface area contributed by atoms with E-state index in [2.05, 4.69) is 89.5 Å². The highest BCUT2D eigenvalue weighted by Gasteiger charge is 2.18. The third-order valence-corrected chi connectivity index (χ3v) is 6.11. The zero-order valence-corrected chi connectivity index (χ0v) is 17.1. The maximum Gasteiger partial charge on any atom is 0.221 e. The smallest absolute Gasteiger partial charge is 0.221 e. The molecule has 0 bridgehead atoms. The highest BCUT2D eigenvalue weighted by molar-refractivity contribution is 5.98. The molecule has 0 unspecified atom stereocenters. The fraction of sp³-hybridized carbons (Fsp3) is 0.154. The van der Waals surface area contributed by atoms with Crippen molar-refractivity contribution in [1.29, 1.82) is 0 Å². The van der Waals surface area contributed by atoms with Crippen molar-refractivity contribution < 1.29 is 0 Å². The first kappa shape index (κ1) is 17.2. The van der Waals surface area contributed by atoms with Crippen molar-refractivity contribution in [2.24, 2.45) is 0 Å². The van der Waals surface area contributed by atoms with E-state index in [1.54, 1.807) is 0 Å². The van der Waals surface area contributed by atoms with Crippen molar-refractivity contribution >= 4 is 33.4 Å². The Hall–Kier alpha value is -3.66. The minimum absolute atomic E-state index is 0.899. The van der Waals surface area contributed by atoms with Gasteiger partial charge in [0.25, 0.3) is 0 Å². The Balaban J connectivity index is 1.81. The number of aryl methyl sites for hydroxylation is 2. The topological polar surface area (TPSA) is 34.6 Å². The predicted octanol–water partition coefficient (Wildman–Crippen LogP) is 6.08. The van der Waals surface area contributed by atoms with Crippen LogP contribution in [0.3, 0.4) is 0 Å². The van der Waals surface area contributed by atoms with Gasteiger partial charge >= 0.3 is 0 Å². The lowest BCUT2D eigenvalue weighted by atomic mass is 9.95. The van der Waals surface area contributed by atoms with Gasteiger partial charge in [0.15, 0.2) is 0 Å². The second kappa shape index (κ2) is 6.42. The van der Waals surface area contributed by atoms with Crippen molar-refractivity contribution in [1.82, 2.24) is 18.8 Å². The van der Waals surface area contributed by atoms with Crippen LogP contribution in [0.5, 0.6) is 0 Å². The first-order chi connectivity index (χ1) is 14.8. The molecule has 0 atom stereocenters. The molecule has 0 radical (unpaired) electrons. The minimum atomic E-state index is 0.899. The molecule has 4 heteroatoms. The van der Waals surface area contributed by atoms with E-state index in [0.717, 1.165) is 51.9 Å². The monoisotopic (exact) mass is 390 g/mol. The normalized spacial score (nSPS) is 11.9. The predicted molar refractivity (Wildman–Crippen MR) is 123 cm³/mol. The van der Waals surface area contributed by atoms with E-state index in [1.165, 1.54) is 16.7 Å². The number of hydrogen-bond acceptors (Lipinski definition) is 2. The van der Waals surface area contributed by atoms with E-state index in [-0.39, 0.29) is 0 Å². The molecule has 4 nitrogen and oxygen atoms in total. The van der Waals surface area contributed by atoms with Gasteiger partial charge in [-0.3, -0.25) is 8.80 Å². The van der Waals surface area contributed by atoms with Gasteiger partial charge in [-0.25, -0.2) is 9.97 Å². The Labute approximate surface area is 174 Å². The molecule has 0 N–H and O–H groups in total. The molecule has 0 saturated carbocycles. The van der Waals surface area contributed by atoms with E-state index < -0.39 is 0 Å². The molecule has 146 valence electrons. The maximum atomic E-state index is 5.16. The third kappa shape index (κ3) is 2.28. The van der Waals surface area contributed by atoms with E-state index in [1.807, 2.05) is 6.07 Å². The lowest BCUT2D eigenvalue weighted by molar-refractivity contribution is 1.09. The number of nitrogens with zero attached hydrogens (tertiary/aromatic N) is 4. The summed E-state index contributed by atoms with van der Waals surface area (Å²) in [5.41, 5.74) is 9.16. The molecular formula is C26H22N4. The van der Waals surface area contributed by atoms with E-state index in [0.29, 0.717) is 0 Å². The Morgan fingerprint density at radius 2 is 1.43 bits per heavy atom. The summed E-state index contributed by atoms with van der Waals surface area (Å²) in [5.74, 6) is 0.899. The van der Waals surface area contributed by atoms with Gasteiger partial charge in [0.05, 0.1) is 22.2 Å². The first-order valence-electron chi connectivity index (χ1n) is 10.6. The summed E-state index contributed by atoms with van der Waals surface area (Å²) in [6.45, 7) is 4.42. The zero-order chi connectivity index (χ0) is 20.2. The fourth-order valence-corrected chi connectivity index (χ4v) is 4.68. The lowest BCUT2D eigenvalue weighted by Crippen LogP contribution is -1.97. The largest absolute Gasteiger partial charge is 0.277 e. The van der Waals surface area contributed by atoms with Crippen LogP contribution in [0.2, 0.25) is 0 Å². The van der Waals surface area contributed by atoms with Crippen molar-refractivity contribution in [2.75, 3.05) is 0 Å². The van der Waals surface area contributed by atoms with Crippen molar-refractivity contribution in [2.45, 2.75) is 26.7 Å². The summed E-state index contributed by atoms with van der Waals surface area (Å²) in [6.07, 6.45) is 4.14. The molecule has 3 aromatic heterocycles. The quantitative estimate of drug-likeness (QED) is 0.367. The standard InChI is InChI=1S/C26H22N4/c1-3-17-10-9-11-18(4-2)24(17)21-16-29-25(27-21)19-12-5-7-14-22(19)30-23-15-8-6-13-20(23)28-26(29)30/h5-16H,3-4H2,1-2H3. The van der Waals surface area contributed by atoms with Crippen LogP contribution in [0, 0.1) is 0 Å². The summed E-state index contributed by atoms with van der Waals surface area (Å²) in [7, 11) is 0. The molecule has 0 aliphatic carbocycles. The second-order valence-electron chi connectivity index (χ2n) is 7.73. The number of imidazole rings is 2. The number of para-hydroxylation sites is 3. The Kier molecular flexibility index (Phi) is 3.69. The second-order valence-corrected chi connectivity index (χ2v) is 7.73. The lowest BCUT2D eigenvalue weighted by Gasteiger charge is -2.10. The molecule has 0 fully saturated rings. The molecule has 0 aliphatic rings. The van der Waals surface area contributed by atoms with E-state index in [9.17, 15) is 0 Å². The van der Waals surface area contributed by atoms with Crippen molar-refractivity contribution in [3.05, 3.63) is 84.1 Å². The van der Waals surface area contributed by atoms with Crippen LogP contribution in [0.25, 0.3) is 44.6 Å². The Morgan fingerprint density at radius 1 is 0.733 bits per heavy atom. The average Bonchev–Trinajstić information content (AvgIpc) is 3.40. The summed E-state index contributed by atoms with van der Waals surface area (Å²) in [4.78, 5) is 10.1. The summed E-state index contributed by atoms with van der Waals surface area (Å²) < 4.78 is 4.40. The first-order valence-corrected chi connectivity index (χ1v) is 10.6. The van der Waals surface area contributed by atoms with Gasteiger partial charge in [0, 0.05) is 17.1 Å². The number of benzene rings is 3. The van der Waals surface area contributed by atoms with Gasteiger partial charge in [-0.2, -0.15) is 0 Å². The average molecular weight is 390 g/mol. The third-order valence-electron chi connectivity index (χ3n) is 6.11. The number of hydrogen-bond donors (Lipinski definition) is 0. The summed E-state index contributed by atoms with van der Waals surface area (Å²) in [5, 5.41) is 1.13. The maximum absolute atomic E-state index is 5.16. The molecule has 3 heterocycles. The van der Waals surface area contributed by atoms with Gasteiger partial charge in [-0.1, -0.05) is 56.3 Å². The molecule has 0 saturated heterocycles. The molecule has 30 heavy (non-hydrogen) atoms. The highest BCUT2D eigenvalue weighted by atomic mass is 15.2. The molecule has 3 aromatic carbocycles. The molecule has 0 amide bonds. The number of aromatic nitrogens is 4. The van der Waals surface area contributed by atoms with Gasteiger partial charge in [0.2, 0.25) is 5.78 Å². The van der Waals surface area contributed by atoms with Crippen LogP contribution in [0.4, 0.5) is 0 Å². The summed E-state index contributed by atoms with van der Waals surface area (Å²) in [6, 6.07) is 23.4. The molecule has 0 spiro atoms. The van der Waals surface area contributed by atoms with Crippen LogP contribution >= 0.6 is 0 Å². The van der Waals surface area contributed by atoms with Gasteiger partial charge in [-0.05, 0) is 48.2 Å². The number of fused-ring (bicyclic) bond motifs is 8. The van der Waals surface area contributed by atoms with Crippen LogP contribution in [-0.2, 0) is 12.8 Å². The molecular weight excluding hydrogens is 368 g/mol. The fourth-order valence-electron chi connectivity index (χ4n) is 4.68. The van der Waals surface area contributed by atoms with Gasteiger partial charge in [-0.15, -0.1) is 0 Å². The van der Waals surface area contributed by atoms with Crippen molar-refractivity contribution in [3.63, 3.8) is 0 Å².